The number of carbonyl (C=O) groups is 1. The van der Waals surface area contributed by atoms with Gasteiger partial charge in [-0.3, -0.25) is 9.69 Å². The van der Waals surface area contributed by atoms with E-state index in [1.807, 2.05) is 67.7 Å². The second kappa shape index (κ2) is 6.92. The van der Waals surface area contributed by atoms with Crippen LogP contribution in [0.25, 0.3) is 10.9 Å². The van der Waals surface area contributed by atoms with E-state index in [0.717, 1.165) is 16.5 Å². The lowest BCUT2D eigenvalue weighted by molar-refractivity contribution is 0.0979. The Morgan fingerprint density at radius 2 is 1.89 bits per heavy atom. The summed E-state index contributed by atoms with van der Waals surface area (Å²) in [6, 6.07) is 18.9. The minimum Gasteiger partial charge on any atom is -0.368 e. The lowest BCUT2D eigenvalue weighted by Crippen LogP contribution is -2.34. The number of fused-ring (bicyclic) bond motifs is 1. The molecule has 0 saturated carbocycles. The van der Waals surface area contributed by atoms with Crippen molar-refractivity contribution >= 4 is 28.6 Å². The van der Waals surface area contributed by atoms with E-state index in [4.69, 9.17) is 5.73 Å². The Morgan fingerprint density at radius 1 is 1.07 bits per heavy atom. The van der Waals surface area contributed by atoms with Crippen molar-refractivity contribution in [2.45, 2.75) is 13.0 Å². The van der Waals surface area contributed by atoms with Gasteiger partial charge in [0.2, 0.25) is 5.95 Å². The van der Waals surface area contributed by atoms with Gasteiger partial charge in [-0.2, -0.15) is 4.98 Å². The van der Waals surface area contributed by atoms with Crippen molar-refractivity contribution < 1.29 is 4.79 Å². The van der Waals surface area contributed by atoms with Gasteiger partial charge in [-0.1, -0.05) is 36.4 Å². The molecule has 1 atom stereocenters. The number of aromatic amines is 1. The normalized spacial score (nSPS) is 12.0. The highest BCUT2D eigenvalue weighted by atomic mass is 16.2. The van der Waals surface area contributed by atoms with Gasteiger partial charge in [-0.25, -0.2) is 4.98 Å². The van der Waals surface area contributed by atoms with Gasteiger partial charge in [-0.15, -0.1) is 0 Å². The second-order valence-corrected chi connectivity index (χ2v) is 6.28. The van der Waals surface area contributed by atoms with Crippen LogP contribution in [0.2, 0.25) is 0 Å². The molecule has 2 heterocycles. The third-order valence-electron chi connectivity index (χ3n) is 4.62. The molecule has 0 radical (unpaired) electrons. The molecule has 0 spiro atoms. The molecular weight excluding hydrogens is 338 g/mol. The number of nitrogen functional groups attached to an aromatic ring is 1. The summed E-state index contributed by atoms with van der Waals surface area (Å²) in [5.74, 6) is 0.455. The van der Waals surface area contributed by atoms with E-state index in [0.29, 0.717) is 11.4 Å². The number of nitrogens with two attached hydrogens (primary N) is 1. The van der Waals surface area contributed by atoms with Gasteiger partial charge in [0.1, 0.15) is 5.82 Å². The number of benzene rings is 2. The Labute approximate surface area is 156 Å². The van der Waals surface area contributed by atoms with E-state index < -0.39 is 0 Å². The van der Waals surface area contributed by atoms with Crippen molar-refractivity contribution in [1.82, 2.24) is 15.0 Å². The Morgan fingerprint density at radius 3 is 2.67 bits per heavy atom. The monoisotopic (exact) mass is 357 g/mol. The fourth-order valence-corrected chi connectivity index (χ4v) is 3.26. The van der Waals surface area contributed by atoms with Gasteiger partial charge in [0.15, 0.2) is 0 Å². The molecule has 0 unspecified atom stereocenters. The molecule has 6 heteroatoms. The first-order valence-electron chi connectivity index (χ1n) is 8.68. The Hall–Kier alpha value is -3.67. The van der Waals surface area contributed by atoms with Crippen LogP contribution in [0.5, 0.6) is 0 Å². The van der Waals surface area contributed by atoms with Crippen LogP contribution in [0.4, 0.5) is 11.8 Å². The second-order valence-electron chi connectivity index (χ2n) is 6.28. The SMILES string of the molecule is C[C@@H](c1ccccc1)N(C(=O)c1cccc2[nH]ccc12)c1ccnc(N)n1. The summed E-state index contributed by atoms with van der Waals surface area (Å²) >= 11 is 0. The smallest absolute Gasteiger partial charge is 0.260 e. The van der Waals surface area contributed by atoms with Crippen LogP contribution >= 0.6 is 0 Å². The zero-order chi connectivity index (χ0) is 18.8. The molecule has 0 aliphatic rings. The maximum Gasteiger partial charge on any atom is 0.260 e. The number of amides is 1. The zero-order valence-corrected chi connectivity index (χ0v) is 14.8. The number of aromatic nitrogens is 3. The Bertz CT molecular complexity index is 1090. The molecule has 3 N–H and O–H groups in total. The molecule has 4 aromatic rings. The molecule has 0 fully saturated rings. The van der Waals surface area contributed by atoms with Gasteiger partial charge in [0, 0.05) is 28.9 Å². The van der Waals surface area contributed by atoms with Gasteiger partial charge >= 0.3 is 0 Å². The first-order valence-corrected chi connectivity index (χ1v) is 8.68. The lowest BCUT2D eigenvalue weighted by atomic mass is 10.0. The predicted octanol–water partition coefficient (Wildman–Crippen LogP) is 3.95. The highest BCUT2D eigenvalue weighted by molar-refractivity contribution is 6.13. The number of anilines is 2. The molecule has 134 valence electrons. The molecule has 4 rings (SSSR count). The van der Waals surface area contributed by atoms with E-state index in [2.05, 4.69) is 15.0 Å². The van der Waals surface area contributed by atoms with Crippen molar-refractivity contribution in [3.05, 3.63) is 84.2 Å². The Kier molecular flexibility index (Phi) is 4.30. The standard InChI is InChI=1S/C21H19N5O/c1-14(15-6-3-2-4-7-15)26(19-11-13-24-21(22)25-19)20(27)17-8-5-9-18-16(17)10-12-23-18/h2-14,23H,1H3,(H2,22,24,25)/t14-/m0/s1. The lowest BCUT2D eigenvalue weighted by Gasteiger charge is -2.29. The summed E-state index contributed by atoms with van der Waals surface area (Å²) in [5, 5.41) is 0.870. The molecular formula is C21H19N5O. The Balaban J connectivity index is 1.85. The summed E-state index contributed by atoms with van der Waals surface area (Å²) in [6.07, 6.45) is 3.39. The minimum absolute atomic E-state index is 0.130. The average Bonchev–Trinajstić information content (AvgIpc) is 3.17. The molecule has 1 amide bonds. The van der Waals surface area contributed by atoms with Crippen LogP contribution in [0, 0.1) is 0 Å². The van der Waals surface area contributed by atoms with Crippen LogP contribution in [-0.4, -0.2) is 20.9 Å². The molecule has 0 aliphatic heterocycles. The first kappa shape index (κ1) is 16.8. The zero-order valence-electron chi connectivity index (χ0n) is 14.8. The van der Waals surface area contributed by atoms with Crippen LogP contribution in [0.3, 0.4) is 0 Å². The highest BCUT2D eigenvalue weighted by Gasteiger charge is 2.27. The highest BCUT2D eigenvalue weighted by Crippen LogP contribution is 2.29. The van der Waals surface area contributed by atoms with Crippen LogP contribution in [-0.2, 0) is 0 Å². The number of rotatable bonds is 4. The van der Waals surface area contributed by atoms with Crippen molar-refractivity contribution in [3.63, 3.8) is 0 Å². The van der Waals surface area contributed by atoms with Gasteiger partial charge in [0.25, 0.3) is 5.91 Å². The number of nitrogens with one attached hydrogen (secondary N) is 1. The van der Waals surface area contributed by atoms with Crippen LogP contribution < -0.4 is 10.6 Å². The average molecular weight is 357 g/mol. The molecule has 2 aromatic heterocycles. The van der Waals surface area contributed by atoms with Gasteiger partial charge in [0.05, 0.1) is 6.04 Å². The topological polar surface area (TPSA) is 87.9 Å². The first-order chi connectivity index (χ1) is 13.1. The third kappa shape index (κ3) is 3.13. The number of H-pyrrole nitrogens is 1. The third-order valence-corrected chi connectivity index (χ3v) is 4.62. The number of nitrogens with zero attached hydrogens (tertiary/aromatic N) is 3. The minimum atomic E-state index is -0.234. The van der Waals surface area contributed by atoms with Crippen molar-refractivity contribution in [3.8, 4) is 0 Å². The molecule has 0 bridgehead atoms. The van der Waals surface area contributed by atoms with E-state index in [-0.39, 0.29) is 17.9 Å². The number of hydrogen-bond donors (Lipinski definition) is 2. The fourth-order valence-electron chi connectivity index (χ4n) is 3.26. The fraction of sp³-hybridized carbons (Fsp3) is 0.0952. The summed E-state index contributed by atoms with van der Waals surface area (Å²) in [5.41, 5.74) is 8.30. The predicted molar refractivity (Wildman–Crippen MR) is 106 cm³/mol. The summed E-state index contributed by atoms with van der Waals surface area (Å²) < 4.78 is 0. The largest absolute Gasteiger partial charge is 0.368 e. The molecule has 2 aromatic carbocycles. The summed E-state index contributed by atoms with van der Waals surface area (Å²) in [7, 11) is 0. The summed E-state index contributed by atoms with van der Waals surface area (Å²) in [6.45, 7) is 1.97. The van der Waals surface area contributed by atoms with Gasteiger partial charge < -0.3 is 10.7 Å². The van der Waals surface area contributed by atoms with E-state index in [1.165, 1.54) is 0 Å². The van der Waals surface area contributed by atoms with E-state index >= 15 is 0 Å². The quantitative estimate of drug-likeness (QED) is 0.579. The molecule has 0 aliphatic carbocycles. The van der Waals surface area contributed by atoms with Crippen molar-refractivity contribution in [1.29, 1.82) is 0 Å². The number of carbonyl (C=O) groups excluding carboxylic acids is 1. The van der Waals surface area contributed by atoms with Crippen LogP contribution in [0.15, 0.2) is 73.1 Å². The molecule has 6 nitrogen and oxygen atoms in total. The number of hydrogen-bond acceptors (Lipinski definition) is 4. The molecule has 27 heavy (non-hydrogen) atoms. The molecule has 0 saturated heterocycles. The summed E-state index contributed by atoms with van der Waals surface area (Å²) in [4.78, 5) is 26.7. The van der Waals surface area contributed by atoms with Crippen molar-refractivity contribution in [2.75, 3.05) is 10.6 Å². The van der Waals surface area contributed by atoms with Gasteiger partial charge in [-0.05, 0) is 36.8 Å². The maximum absolute atomic E-state index is 13.6. The van der Waals surface area contributed by atoms with Crippen LogP contribution in [0.1, 0.15) is 28.9 Å². The van der Waals surface area contributed by atoms with E-state index in [9.17, 15) is 4.79 Å². The van der Waals surface area contributed by atoms with E-state index in [1.54, 1.807) is 17.2 Å². The maximum atomic E-state index is 13.6. The van der Waals surface area contributed by atoms with Crippen molar-refractivity contribution in [2.24, 2.45) is 0 Å².